The van der Waals surface area contributed by atoms with Gasteiger partial charge in [0, 0.05) is 5.75 Å². The fourth-order valence-corrected chi connectivity index (χ4v) is 4.13. The van der Waals surface area contributed by atoms with Gasteiger partial charge in [-0.15, -0.1) is 23.1 Å². The number of ether oxygens (including phenoxy) is 1. The summed E-state index contributed by atoms with van der Waals surface area (Å²) >= 11 is 3.14. The summed E-state index contributed by atoms with van der Waals surface area (Å²) in [6.07, 6.45) is 0.570. The van der Waals surface area contributed by atoms with Gasteiger partial charge in [-0.3, -0.25) is 4.79 Å². The molecule has 0 radical (unpaired) electrons. The van der Waals surface area contributed by atoms with Crippen LogP contribution in [0.5, 0.6) is 0 Å². The van der Waals surface area contributed by atoms with Crippen molar-refractivity contribution >= 4 is 45.2 Å². The second kappa shape index (κ2) is 9.03. The van der Waals surface area contributed by atoms with Crippen LogP contribution in [0.4, 0.5) is 0 Å². The van der Waals surface area contributed by atoms with Gasteiger partial charge in [-0.2, -0.15) is 0 Å². The van der Waals surface area contributed by atoms with E-state index in [0.717, 1.165) is 15.2 Å². The molecular formula is C17H22N2O3S2. The first-order valence-electron chi connectivity index (χ1n) is 7.79. The number of methoxy groups -OCH3 is 1. The Bertz CT molecular complexity index is 667. The number of fused-ring (bicyclic) bond motifs is 1. The third kappa shape index (κ3) is 5.49. The zero-order valence-corrected chi connectivity index (χ0v) is 15.7. The lowest BCUT2D eigenvalue weighted by atomic mass is 10.0. The number of thioether (sulfide) groups is 1. The number of aromatic nitrogens is 1. The van der Waals surface area contributed by atoms with E-state index in [9.17, 15) is 9.59 Å². The summed E-state index contributed by atoms with van der Waals surface area (Å²) in [4.78, 5) is 28.3. The van der Waals surface area contributed by atoms with Gasteiger partial charge in [0.05, 0.1) is 23.1 Å². The molecule has 0 spiro atoms. The van der Waals surface area contributed by atoms with E-state index >= 15 is 0 Å². The summed E-state index contributed by atoms with van der Waals surface area (Å²) in [6.45, 7) is 4.01. The second-order valence-corrected chi connectivity index (χ2v) is 7.94. The van der Waals surface area contributed by atoms with Crippen molar-refractivity contribution in [1.82, 2.24) is 10.3 Å². The summed E-state index contributed by atoms with van der Waals surface area (Å²) in [5.74, 6) is 0.719. The third-order valence-electron chi connectivity index (χ3n) is 3.32. The van der Waals surface area contributed by atoms with Gasteiger partial charge in [0.15, 0.2) is 0 Å². The molecule has 1 atom stereocenters. The molecular weight excluding hydrogens is 344 g/mol. The Morgan fingerprint density at radius 2 is 2.08 bits per heavy atom. The molecule has 0 fully saturated rings. The van der Waals surface area contributed by atoms with Crippen molar-refractivity contribution in [2.24, 2.45) is 5.92 Å². The van der Waals surface area contributed by atoms with Crippen LogP contribution in [0.1, 0.15) is 25.3 Å². The van der Waals surface area contributed by atoms with Crippen LogP contribution in [0, 0.1) is 5.92 Å². The van der Waals surface area contributed by atoms with Gasteiger partial charge in [0.1, 0.15) is 11.0 Å². The molecule has 1 aromatic carbocycles. The number of hydrogen-bond acceptors (Lipinski definition) is 6. The average Bonchev–Trinajstić information content (AvgIpc) is 2.95. The zero-order chi connectivity index (χ0) is 17.5. The Hall–Kier alpha value is -1.60. The average molecular weight is 367 g/mol. The summed E-state index contributed by atoms with van der Waals surface area (Å²) in [7, 11) is 1.34. The van der Waals surface area contributed by atoms with Crippen LogP contribution in [-0.2, 0) is 20.1 Å². The monoisotopic (exact) mass is 366 g/mol. The highest BCUT2D eigenvalue weighted by molar-refractivity contribution is 7.99. The van der Waals surface area contributed by atoms with Gasteiger partial charge in [-0.05, 0) is 24.5 Å². The Morgan fingerprint density at radius 3 is 2.75 bits per heavy atom. The Labute approximate surface area is 150 Å². The number of rotatable bonds is 8. The van der Waals surface area contributed by atoms with Gasteiger partial charge in [0.2, 0.25) is 5.91 Å². The molecule has 1 aromatic heterocycles. The molecule has 2 rings (SSSR count). The first-order chi connectivity index (χ1) is 11.5. The van der Waals surface area contributed by atoms with E-state index in [-0.39, 0.29) is 5.91 Å². The van der Waals surface area contributed by atoms with E-state index in [4.69, 9.17) is 4.74 Å². The molecule has 0 saturated carbocycles. The number of carbonyl (C=O) groups excluding carboxylic acids is 2. The third-order valence-corrected chi connectivity index (χ3v) is 5.49. The minimum Gasteiger partial charge on any atom is -0.467 e. The van der Waals surface area contributed by atoms with Crippen LogP contribution in [0.3, 0.4) is 0 Å². The SMILES string of the molecule is COC(=O)C(CC(C)C)NC(=O)CSCc1nc2ccccc2s1. The number of hydrogen-bond donors (Lipinski definition) is 1. The molecule has 5 nitrogen and oxygen atoms in total. The molecule has 24 heavy (non-hydrogen) atoms. The Balaban J connectivity index is 1.82. The highest BCUT2D eigenvalue weighted by atomic mass is 32.2. The normalized spacial score (nSPS) is 12.3. The van der Waals surface area contributed by atoms with E-state index in [1.807, 2.05) is 38.1 Å². The summed E-state index contributed by atoms with van der Waals surface area (Å²) in [6, 6.07) is 7.41. The molecule has 2 aromatic rings. The number of thiazole rings is 1. The van der Waals surface area contributed by atoms with E-state index in [1.165, 1.54) is 18.9 Å². The van der Waals surface area contributed by atoms with Gasteiger partial charge < -0.3 is 10.1 Å². The zero-order valence-electron chi connectivity index (χ0n) is 14.1. The van der Waals surface area contributed by atoms with E-state index < -0.39 is 12.0 Å². The predicted octanol–water partition coefficient (Wildman–Crippen LogP) is 3.23. The van der Waals surface area contributed by atoms with Crippen LogP contribution >= 0.6 is 23.1 Å². The van der Waals surface area contributed by atoms with Gasteiger partial charge in [-0.25, -0.2) is 9.78 Å². The number of nitrogens with zero attached hydrogens (tertiary/aromatic N) is 1. The van der Waals surface area contributed by atoms with Crippen molar-refractivity contribution in [3.8, 4) is 0 Å². The quantitative estimate of drug-likeness (QED) is 0.727. The summed E-state index contributed by atoms with van der Waals surface area (Å²) in [5.41, 5.74) is 0.991. The maximum Gasteiger partial charge on any atom is 0.328 e. The topological polar surface area (TPSA) is 68.3 Å². The maximum absolute atomic E-state index is 12.1. The van der Waals surface area contributed by atoms with Crippen molar-refractivity contribution in [1.29, 1.82) is 0 Å². The molecule has 1 amide bonds. The lowest BCUT2D eigenvalue weighted by molar-refractivity contribution is -0.145. The van der Waals surface area contributed by atoms with Crippen molar-refractivity contribution in [3.63, 3.8) is 0 Å². The van der Waals surface area contributed by atoms with Crippen LogP contribution in [0.25, 0.3) is 10.2 Å². The molecule has 0 aliphatic heterocycles. The van der Waals surface area contributed by atoms with Crippen LogP contribution < -0.4 is 5.32 Å². The largest absolute Gasteiger partial charge is 0.467 e. The number of esters is 1. The van der Waals surface area contributed by atoms with E-state index in [1.54, 1.807) is 11.3 Å². The fraction of sp³-hybridized carbons (Fsp3) is 0.471. The molecule has 0 bridgehead atoms. The summed E-state index contributed by atoms with van der Waals surface area (Å²) in [5, 5.41) is 3.76. The highest BCUT2D eigenvalue weighted by Gasteiger charge is 2.22. The van der Waals surface area contributed by atoms with Crippen LogP contribution in [0.2, 0.25) is 0 Å². The maximum atomic E-state index is 12.1. The molecule has 0 saturated heterocycles. The van der Waals surface area contributed by atoms with Gasteiger partial charge in [0.25, 0.3) is 0 Å². The predicted molar refractivity (Wildman–Crippen MR) is 99.2 cm³/mol. The number of benzene rings is 1. The van der Waals surface area contributed by atoms with Gasteiger partial charge >= 0.3 is 5.97 Å². The molecule has 1 unspecified atom stereocenters. The molecule has 7 heteroatoms. The highest BCUT2D eigenvalue weighted by Crippen LogP contribution is 2.24. The van der Waals surface area contributed by atoms with Gasteiger partial charge in [-0.1, -0.05) is 26.0 Å². The minimum absolute atomic E-state index is 0.155. The summed E-state index contributed by atoms with van der Waals surface area (Å²) < 4.78 is 5.91. The number of amides is 1. The number of nitrogens with one attached hydrogen (secondary N) is 1. The first kappa shape index (κ1) is 18.7. The Morgan fingerprint density at radius 1 is 1.33 bits per heavy atom. The van der Waals surface area contributed by atoms with Crippen LogP contribution in [-0.4, -0.2) is 35.8 Å². The molecule has 0 aliphatic carbocycles. The molecule has 1 N–H and O–H groups in total. The molecule has 1 heterocycles. The molecule has 0 aliphatic rings. The number of para-hydroxylation sites is 1. The minimum atomic E-state index is -0.578. The second-order valence-electron chi connectivity index (χ2n) is 5.84. The van der Waals surface area contributed by atoms with E-state index in [0.29, 0.717) is 23.8 Å². The van der Waals surface area contributed by atoms with Crippen molar-refractivity contribution < 1.29 is 14.3 Å². The van der Waals surface area contributed by atoms with Crippen molar-refractivity contribution in [3.05, 3.63) is 29.3 Å². The lowest BCUT2D eigenvalue weighted by Gasteiger charge is -2.18. The Kier molecular flexibility index (Phi) is 7.05. The number of carbonyl (C=O) groups is 2. The van der Waals surface area contributed by atoms with Crippen molar-refractivity contribution in [2.75, 3.05) is 12.9 Å². The molecule has 130 valence electrons. The van der Waals surface area contributed by atoms with Crippen LogP contribution in [0.15, 0.2) is 24.3 Å². The standard InChI is InChI=1S/C17H22N2O3S2/c1-11(2)8-13(17(21)22-3)18-15(20)9-23-10-16-19-12-6-4-5-7-14(12)24-16/h4-7,11,13H,8-10H2,1-3H3,(H,18,20). The first-order valence-corrected chi connectivity index (χ1v) is 9.76. The van der Waals surface area contributed by atoms with E-state index in [2.05, 4.69) is 10.3 Å². The fourth-order valence-electron chi connectivity index (χ4n) is 2.28. The van der Waals surface area contributed by atoms with Crippen molar-refractivity contribution in [2.45, 2.75) is 32.1 Å². The smallest absolute Gasteiger partial charge is 0.328 e. The lowest BCUT2D eigenvalue weighted by Crippen LogP contribution is -2.43.